The molecule has 1 unspecified atom stereocenters. The topological polar surface area (TPSA) is 73.8 Å². The summed E-state index contributed by atoms with van der Waals surface area (Å²) in [6.45, 7) is 15.1. The van der Waals surface area contributed by atoms with Gasteiger partial charge in [0.2, 0.25) is 5.91 Å². The number of carbonyl (C=O) groups is 1. The fraction of sp³-hybridized carbons (Fsp3) is 0.875. The minimum atomic E-state index is -0.903. The molecule has 0 rings (SSSR count). The molecule has 0 heterocycles. The molecule has 1 amide bonds. The molecule has 23 heavy (non-hydrogen) atoms. The molecule has 0 aromatic carbocycles. The smallest absolute Gasteiger partial charge is 0.224 e. The zero-order chi connectivity index (χ0) is 17.9. The van der Waals surface area contributed by atoms with Crippen molar-refractivity contribution < 1.29 is 9.00 Å². The average Bonchev–Trinajstić information content (AvgIpc) is 2.47. The second-order valence-corrected chi connectivity index (χ2v) is 8.49. The van der Waals surface area contributed by atoms with Crippen LogP contribution in [0.25, 0.3) is 0 Å². The molecule has 0 aromatic heterocycles. The number of carbonyl (C=O) groups excluding carboxylic acids is 1. The van der Waals surface area contributed by atoms with E-state index in [1.807, 2.05) is 46.4 Å². The van der Waals surface area contributed by atoms with E-state index in [0.29, 0.717) is 31.2 Å². The summed E-state index contributed by atoms with van der Waals surface area (Å²) >= 11 is 0. The lowest BCUT2D eigenvalue weighted by Gasteiger charge is -2.19. The number of nitrogens with zero attached hydrogens (tertiary/aromatic N) is 2. The molecule has 0 bridgehead atoms. The van der Waals surface area contributed by atoms with Crippen LogP contribution < -0.4 is 10.6 Å². The van der Waals surface area contributed by atoms with Gasteiger partial charge in [-0.2, -0.15) is 0 Å². The standard InChI is InChI=1S/C16H34N4O2S/c1-7-17-15(19-12-13-23(22)16(4,5)6)18-11-10-14(21)20(8-2)9-3/h7-13H2,1-6H3,(H2,17,18,19). The Morgan fingerprint density at radius 2 is 1.74 bits per heavy atom. The van der Waals surface area contributed by atoms with Gasteiger partial charge in [0.15, 0.2) is 5.96 Å². The number of rotatable bonds is 9. The summed E-state index contributed by atoms with van der Waals surface area (Å²) < 4.78 is 11.8. The van der Waals surface area contributed by atoms with Gasteiger partial charge in [0, 0.05) is 53.9 Å². The SMILES string of the molecule is CCNC(=NCCS(=O)C(C)(C)C)NCCC(=O)N(CC)CC. The molecular weight excluding hydrogens is 312 g/mol. The summed E-state index contributed by atoms with van der Waals surface area (Å²) in [6.07, 6.45) is 0.444. The van der Waals surface area contributed by atoms with Gasteiger partial charge in [-0.3, -0.25) is 14.0 Å². The fourth-order valence-corrected chi connectivity index (χ4v) is 2.78. The lowest BCUT2D eigenvalue weighted by Crippen LogP contribution is -2.40. The van der Waals surface area contributed by atoms with E-state index in [9.17, 15) is 9.00 Å². The van der Waals surface area contributed by atoms with Crippen LogP contribution in [0.2, 0.25) is 0 Å². The molecule has 0 aliphatic heterocycles. The first-order valence-corrected chi connectivity index (χ1v) is 9.76. The van der Waals surface area contributed by atoms with E-state index < -0.39 is 10.8 Å². The summed E-state index contributed by atoms with van der Waals surface area (Å²) in [4.78, 5) is 18.2. The van der Waals surface area contributed by atoms with E-state index in [1.54, 1.807) is 0 Å². The number of guanidine groups is 1. The highest BCUT2D eigenvalue weighted by Crippen LogP contribution is 2.10. The Balaban J connectivity index is 4.33. The molecule has 0 aliphatic carbocycles. The Labute approximate surface area is 144 Å². The largest absolute Gasteiger partial charge is 0.357 e. The molecule has 0 spiro atoms. The van der Waals surface area contributed by atoms with Crippen LogP contribution in [0.1, 0.15) is 48.0 Å². The minimum absolute atomic E-state index is 0.146. The second kappa shape index (κ2) is 11.4. The fourth-order valence-electron chi connectivity index (χ4n) is 1.91. The molecule has 2 N–H and O–H groups in total. The number of amides is 1. The second-order valence-electron chi connectivity index (χ2n) is 6.17. The van der Waals surface area contributed by atoms with Gasteiger partial charge in [-0.05, 0) is 41.5 Å². The molecule has 0 radical (unpaired) electrons. The van der Waals surface area contributed by atoms with Crippen molar-refractivity contribution >= 4 is 22.7 Å². The minimum Gasteiger partial charge on any atom is -0.357 e. The summed E-state index contributed by atoms with van der Waals surface area (Å²) in [6, 6.07) is 0. The summed E-state index contributed by atoms with van der Waals surface area (Å²) in [5.41, 5.74) is 0. The number of aliphatic imine (C=N–C) groups is 1. The van der Waals surface area contributed by atoms with Gasteiger partial charge in [0.1, 0.15) is 0 Å². The van der Waals surface area contributed by atoms with Crippen LogP contribution in [0.3, 0.4) is 0 Å². The Hall–Kier alpha value is -1.11. The summed E-state index contributed by atoms with van der Waals surface area (Å²) in [5.74, 6) is 1.36. The lowest BCUT2D eigenvalue weighted by atomic mass is 10.3. The number of hydrogen-bond acceptors (Lipinski definition) is 3. The molecule has 0 aromatic rings. The van der Waals surface area contributed by atoms with Gasteiger partial charge >= 0.3 is 0 Å². The van der Waals surface area contributed by atoms with Gasteiger partial charge in [-0.1, -0.05) is 0 Å². The highest BCUT2D eigenvalue weighted by atomic mass is 32.2. The quantitative estimate of drug-likeness (QED) is 0.488. The zero-order valence-electron chi connectivity index (χ0n) is 15.6. The van der Waals surface area contributed by atoms with Crippen molar-refractivity contribution in [1.29, 1.82) is 0 Å². The maximum absolute atomic E-state index is 12.0. The van der Waals surface area contributed by atoms with E-state index in [1.165, 1.54) is 0 Å². The molecule has 1 atom stereocenters. The van der Waals surface area contributed by atoms with Crippen molar-refractivity contribution in [3.63, 3.8) is 0 Å². The normalized spacial score (nSPS) is 13.6. The Morgan fingerprint density at radius 3 is 2.22 bits per heavy atom. The van der Waals surface area contributed by atoms with Crippen molar-refractivity contribution in [3.8, 4) is 0 Å². The molecular formula is C16H34N4O2S. The van der Waals surface area contributed by atoms with Gasteiger partial charge < -0.3 is 15.5 Å². The maximum Gasteiger partial charge on any atom is 0.224 e. The zero-order valence-corrected chi connectivity index (χ0v) is 16.4. The highest BCUT2D eigenvalue weighted by Gasteiger charge is 2.18. The highest BCUT2D eigenvalue weighted by molar-refractivity contribution is 7.86. The first-order valence-electron chi connectivity index (χ1n) is 8.44. The van der Waals surface area contributed by atoms with Gasteiger partial charge in [-0.25, -0.2) is 0 Å². The monoisotopic (exact) mass is 346 g/mol. The summed E-state index contributed by atoms with van der Waals surface area (Å²) in [5, 5.41) is 6.30. The molecule has 136 valence electrons. The lowest BCUT2D eigenvalue weighted by molar-refractivity contribution is -0.130. The predicted octanol–water partition coefficient (Wildman–Crippen LogP) is 1.35. The van der Waals surface area contributed by atoms with Gasteiger partial charge in [-0.15, -0.1) is 0 Å². The van der Waals surface area contributed by atoms with Gasteiger partial charge in [0.25, 0.3) is 0 Å². The first-order chi connectivity index (χ1) is 10.8. The van der Waals surface area contributed by atoms with Crippen molar-refractivity contribution in [2.24, 2.45) is 4.99 Å². The van der Waals surface area contributed by atoms with Crippen molar-refractivity contribution in [1.82, 2.24) is 15.5 Å². The Bertz CT molecular complexity index is 401. The van der Waals surface area contributed by atoms with Crippen LogP contribution in [0.4, 0.5) is 0 Å². The van der Waals surface area contributed by atoms with Crippen LogP contribution in [0.5, 0.6) is 0 Å². The Kier molecular flexibility index (Phi) is 10.9. The summed E-state index contributed by atoms with van der Waals surface area (Å²) in [7, 11) is -0.903. The number of hydrogen-bond donors (Lipinski definition) is 2. The van der Waals surface area contributed by atoms with Crippen LogP contribution in [0, 0.1) is 0 Å². The molecule has 0 saturated carbocycles. The third-order valence-electron chi connectivity index (χ3n) is 3.32. The van der Waals surface area contributed by atoms with Crippen LogP contribution >= 0.6 is 0 Å². The van der Waals surface area contributed by atoms with Crippen LogP contribution in [0.15, 0.2) is 4.99 Å². The van der Waals surface area contributed by atoms with Crippen molar-refractivity contribution in [3.05, 3.63) is 0 Å². The van der Waals surface area contributed by atoms with E-state index in [0.717, 1.165) is 19.6 Å². The van der Waals surface area contributed by atoms with E-state index in [2.05, 4.69) is 15.6 Å². The van der Waals surface area contributed by atoms with E-state index >= 15 is 0 Å². The maximum atomic E-state index is 12.0. The average molecular weight is 347 g/mol. The van der Waals surface area contributed by atoms with Crippen LogP contribution in [-0.4, -0.2) is 64.2 Å². The number of nitrogens with one attached hydrogen (secondary N) is 2. The third-order valence-corrected chi connectivity index (χ3v) is 5.24. The van der Waals surface area contributed by atoms with E-state index in [4.69, 9.17) is 0 Å². The van der Waals surface area contributed by atoms with Crippen LogP contribution in [-0.2, 0) is 15.6 Å². The third kappa shape index (κ3) is 9.58. The Morgan fingerprint density at radius 1 is 1.13 bits per heavy atom. The van der Waals surface area contributed by atoms with Crippen molar-refractivity contribution in [2.45, 2.75) is 52.7 Å². The predicted molar refractivity (Wildman–Crippen MR) is 99.3 cm³/mol. The molecule has 0 saturated heterocycles. The van der Waals surface area contributed by atoms with Gasteiger partial charge in [0.05, 0.1) is 6.54 Å². The van der Waals surface area contributed by atoms with E-state index in [-0.39, 0.29) is 10.7 Å². The first kappa shape index (κ1) is 21.9. The molecule has 6 nitrogen and oxygen atoms in total. The molecule has 7 heteroatoms. The molecule has 0 fully saturated rings. The van der Waals surface area contributed by atoms with Crippen molar-refractivity contribution in [2.75, 3.05) is 38.5 Å². The molecule has 0 aliphatic rings.